The summed E-state index contributed by atoms with van der Waals surface area (Å²) in [5.74, 6) is -2.46. The van der Waals surface area contributed by atoms with E-state index in [0.717, 1.165) is 5.57 Å². The number of aliphatic hydroxyl groups excluding tert-OH is 6. The third-order valence-corrected chi connectivity index (χ3v) is 13.2. The summed E-state index contributed by atoms with van der Waals surface area (Å²) < 4.78 is 34.6. The number of fused-ring (bicyclic) bond motifs is 7. The number of ether oxygens (including phenoxy) is 3. The molecule has 11 nitrogen and oxygen atoms in total. The Morgan fingerprint density at radius 2 is 1.77 bits per heavy atom. The van der Waals surface area contributed by atoms with E-state index in [4.69, 9.17) is 19.3 Å². The van der Waals surface area contributed by atoms with Gasteiger partial charge in [0.25, 0.3) is 0 Å². The predicted octanol–water partition coefficient (Wildman–Crippen LogP) is 0.400. The van der Waals surface area contributed by atoms with Gasteiger partial charge in [-0.3, -0.25) is 9.59 Å². The second-order valence-corrected chi connectivity index (χ2v) is 15.8. The van der Waals surface area contributed by atoms with Crippen molar-refractivity contribution in [3.8, 4) is 0 Å². The number of allylic oxidation sites excluding steroid dienone is 4. The van der Waals surface area contributed by atoms with Crippen molar-refractivity contribution < 1.29 is 78.6 Å². The normalized spacial score (nSPS) is 50.4. The van der Waals surface area contributed by atoms with E-state index in [1.54, 1.807) is 26.8 Å². The Kier molecular flexibility index (Phi) is 9.39. The fourth-order valence-corrected chi connectivity index (χ4v) is 10.7. The molecule has 2 aliphatic heterocycles. The van der Waals surface area contributed by atoms with Crippen molar-refractivity contribution in [2.24, 2.45) is 22.7 Å². The van der Waals surface area contributed by atoms with E-state index in [1.807, 2.05) is 6.92 Å². The maximum absolute atomic E-state index is 17.1. The fourth-order valence-electron chi connectivity index (χ4n) is 9.05. The van der Waals surface area contributed by atoms with Crippen molar-refractivity contribution in [1.82, 2.24) is 0 Å². The molecule has 44 heavy (non-hydrogen) atoms. The van der Waals surface area contributed by atoms with Gasteiger partial charge in [-0.1, -0.05) is 18.6 Å². The molecule has 2 saturated heterocycles. The molecule has 2 heterocycles. The second kappa shape index (κ2) is 11.9. The molecule has 0 aromatic rings. The number of halogens is 1. The summed E-state index contributed by atoms with van der Waals surface area (Å²) >= 11 is 2.10. The van der Waals surface area contributed by atoms with Crippen LogP contribution in [0, 0.1) is 22.7 Å². The SMILES string of the molecule is CC1(C)O[C@@H]2C[C@H]3[C@@H]4CCC5=CC(=O)C=C[C@]5(C)[C@@]4(F)[C@@H](O)C[C@]3(C)[C@]2(C(=O)CO)O1.OC[C@H]1O[C@H]([S][Au])[C@H](O)[C@@H](O)[C@@H]1O. The van der Waals surface area contributed by atoms with Crippen molar-refractivity contribution >= 4 is 20.8 Å². The summed E-state index contributed by atoms with van der Waals surface area (Å²) in [6, 6.07) is 0. The number of ketones is 2. The number of hydrogen-bond donors (Lipinski definition) is 6. The molecular formula is C30H42AuFO11S. The van der Waals surface area contributed by atoms with Crippen LogP contribution in [0.25, 0.3) is 0 Å². The molecule has 6 rings (SSSR count). The molecule has 6 N–H and O–H groups in total. The summed E-state index contributed by atoms with van der Waals surface area (Å²) in [5.41, 5.74) is -5.29. The zero-order chi connectivity index (χ0) is 32.6. The van der Waals surface area contributed by atoms with E-state index in [-0.39, 0.29) is 24.7 Å². The summed E-state index contributed by atoms with van der Waals surface area (Å²) in [7, 11) is 1.17. The molecule has 14 heteroatoms. The first kappa shape index (κ1) is 34.8. The fraction of sp³-hybridized carbons (Fsp3) is 0.800. The topological polar surface area (TPSA) is 183 Å². The van der Waals surface area contributed by atoms with Crippen LogP contribution < -0.4 is 0 Å². The van der Waals surface area contributed by atoms with Crippen LogP contribution in [0.4, 0.5) is 4.39 Å². The standard InChI is InChI=1S/C24H31FO6.C6H12O5S.Au/c1-20(2)30-19-10-16-15-6-5-13-9-14(27)7-8-21(13,3)23(15,25)17(28)11-22(16,4)24(19,31-20)18(29)12-26;7-1-2-3(8)4(9)5(10)6(12)11-2;/h7-9,15-17,19,26,28H,5-6,10-12H2,1-4H3;2-10,12H,1H2;/q;;+1/p-1/t15-,16-,17-,19+,21-,22-,23-,24+;2-,3-,4+,5-,6-;/m01./s1. The van der Waals surface area contributed by atoms with Crippen molar-refractivity contribution in [2.75, 3.05) is 13.2 Å². The Morgan fingerprint density at radius 3 is 2.39 bits per heavy atom. The summed E-state index contributed by atoms with van der Waals surface area (Å²) in [6.07, 6.45) is -0.474. The van der Waals surface area contributed by atoms with Gasteiger partial charge in [0, 0.05) is 16.7 Å². The van der Waals surface area contributed by atoms with E-state index >= 15 is 4.39 Å². The number of aliphatic hydroxyl groups is 6. The molecule has 4 aliphatic carbocycles. The third kappa shape index (κ3) is 4.84. The van der Waals surface area contributed by atoms with Gasteiger partial charge in [0.1, 0.15) is 6.61 Å². The number of alkyl halides is 1. The van der Waals surface area contributed by atoms with Gasteiger partial charge in [-0.05, 0) is 64.5 Å². The first-order valence-corrected chi connectivity index (χ1v) is 18.2. The molecule has 252 valence electrons. The van der Waals surface area contributed by atoms with E-state index in [1.165, 1.54) is 21.4 Å². The summed E-state index contributed by atoms with van der Waals surface area (Å²) in [4.78, 5) is 25.1. The van der Waals surface area contributed by atoms with Crippen LogP contribution in [0.2, 0.25) is 0 Å². The van der Waals surface area contributed by atoms with Gasteiger partial charge in [0.05, 0.1) is 12.2 Å². The third-order valence-electron chi connectivity index (χ3n) is 11.1. The van der Waals surface area contributed by atoms with Crippen molar-refractivity contribution in [3.63, 3.8) is 0 Å². The Bertz CT molecular complexity index is 1210. The average Bonchev–Trinajstić information content (AvgIpc) is 3.38. The monoisotopic (exact) mass is 826 g/mol. The van der Waals surface area contributed by atoms with Gasteiger partial charge in [0.15, 0.2) is 28.6 Å². The van der Waals surface area contributed by atoms with Crippen molar-refractivity contribution in [2.45, 2.75) is 112 Å². The van der Waals surface area contributed by atoms with E-state index in [0.29, 0.717) is 19.3 Å². The predicted molar refractivity (Wildman–Crippen MR) is 150 cm³/mol. The number of Topliss-reactive ketones (excluding diaryl/α,β-unsaturated/α-hetero) is 1. The molecule has 13 atom stereocenters. The zero-order valence-corrected chi connectivity index (χ0v) is 28.0. The molecule has 0 spiro atoms. The van der Waals surface area contributed by atoms with Crippen LogP contribution in [0.1, 0.15) is 53.4 Å². The molecule has 0 aromatic heterocycles. The van der Waals surface area contributed by atoms with Crippen LogP contribution in [0.15, 0.2) is 23.8 Å². The van der Waals surface area contributed by atoms with Crippen LogP contribution >= 0.6 is 9.23 Å². The van der Waals surface area contributed by atoms with Gasteiger partial charge >= 0.3 is 90.6 Å². The molecule has 6 aliphatic rings. The molecule has 0 bridgehead atoms. The van der Waals surface area contributed by atoms with Crippen LogP contribution in [0.3, 0.4) is 0 Å². The Hall–Kier alpha value is -0.520. The molecule has 3 saturated carbocycles. The van der Waals surface area contributed by atoms with E-state index in [2.05, 4.69) is 19.7 Å². The van der Waals surface area contributed by atoms with Gasteiger partial charge in [-0.2, -0.15) is 0 Å². The molecule has 0 amide bonds. The number of rotatable bonds is 4. The average molecular weight is 827 g/mol. The van der Waals surface area contributed by atoms with Gasteiger partial charge in [-0.25, -0.2) is 4.39 Å². The van der Waals surface area contributed by atoms with Gasteiger partial charge < -0.3 is 19.7 Å². The second-order valence-electron chi connectivity index (χ2n) is 13.7. The Labute approximate surface area is 270 Å². The molecule has 0 aromatic carbocycles. The molecule has 0 unspecified atom stereocenters. The van der Waals surface area contributed by atoms with E-state index < -0.39 is 88.3 Å². The first-order valence-electron chi connectivity index (χ1n) is 14.9. The van der Waals surface area contributed by atoms with Crippen molar-refractivity contribution in [1.29, 1.82) is 0 Å². The maximum atomic E-state index is 17.1. The number of carbonyl (C=O) groups is 2. The minimum absolute atomic E-state index is 0.0109. The van der Waals surface area contributed by atoms with Crippen LogP contribution in [0.5, 0.6) is 0 Å². The zero-order valence-electron chi connectivity index (χ0n) is 25.0. The number of carbonyl (C=O) groups excluding carboxylic acids is 2. The molecular weight excluding hydrogens is 784 g/mol. The van der Waals surface area contributed by atoms with Gasteiger partial charge in [0.2, 0.25) is 0 Å². The van der Waals surface area contributed by atoms with Crippen LogP contribution in [-0.4, -0.2) is 115 Å². The Balaban J connectivity index is 0.000000249. The summed E-state index contributed by atoms with van der Waals surface area (Å²) in [6.45, 7) is 6.03. The van der Waals surface area contributed by atoms with Gasteiger partial charge in [-0.15, -0.1) is 0 Å². The minimum atomic E-state index is -1.98. The van der Waals surface area contributed by atoms with Crippen molar-refractivity contribution in [3.05, 3.63) is 23.8 Å². The van der Waals surface area contributed by atoms with E-state index in [9.17, 15) is 35.1 Å². The van der Waals surface area contributed by atoms with Crippen LogP contribution in [-0.2, 0) is 43.5 Å². The molecule has 5 fully saturated rings. The Morgan fingerprint density at radius 1 is 1.09 bits per heavy atom. The molecule has 0 radical (unpaired) electrons. The summed E-state index contributed by atoms with van der Waals surface area (Å²) in [5, 5.41) is 58.0. The quantitative estimate of drug-likeness (QED) is 0.215. The number of hydrogen-bond acceptors (Lipinski definition) is 12. The first-order chi connectivity index (χ1) is 20.5.